The van der Waals surface area contributed by atoms with E-state index >= 15 is 0 Å². The maximum absolute atomic E-state index is 13.7. The standard InChI is InChI=1S/C25H20Cl2N2O/c1-25(14-17-2-4-18(16-28)5-3-17)15-23(19-6-8-20(26)9-7-19)29(24(25)30)22-12-10-21(27)11-13-22/h2-13,23H,14-15H2,1H3/t23-,25-/m0/s1. The number of nitriles is 1. The van der Waals surface area contributed by atoms with E-state index in [0.717, 1.165) is 16.8 Å². The van der Waals surface area contributed by atoms with Crippen molar-refractivity contribution in [3.63, 3.8) is 0 Å². The van der Waals surface area contributed by atoms with Gasteiger partial charge in [0.15, 0.2) is 0 Å². The van der Waals surface area contributed by atoms with Gasteiger partial charge in [-0.05, 0) is 72.5 Å². The lowest BCUT2D eigenvalue weighted by molar-refractivity contribution is -0.124. The highest BCUT2D eigenvalue weighted by atomic mass is 35.5. The van der Waals surface area contributed by atoms with Gasteiger partial charge in [-0.2, -0.15) is 5.26 Å². The molecule has 1 amide bonds. The third kappa shape index (κ3) is 3.94. The monoisotopic (exact) mass is 434 g/mol. The van der Waals surface area contributed by atoms with Crippen LogP contribution in [0.2, 0.25) is 10.0 Å². The molecule has 1 aliphatic heterocycles. The van der Waals surface area contributed by atoms with E-state index in [-0.39, 0.29) is 11.9 Å². The second-order valence-electron chi connectivity index (χ2n) is 7.97. The molecule has 0 N–H and O–H groups in total. The van der Waals surface area contributed by atoms with E-state index in [4.69, 9.17) is 28.5 Å². The molecule has 0 aliphatic carbocycles. The Hall–Kier alpha value is -2.80. The minimum absolute atomic E-state index is 0.0779. The number of hydrogen-bond acceptors (Lipinski definition) is 2. The fraction of sp³-hybridized carbons (Fsp3) is 0.200. The lowest BCUT2D eigenvalue weighted by atomic mass is 9.80. The number of carbonyl (C=O) groups excluding carboxylic acids is 1. The van der Waals surface area contributed by atoms with Crippen molar-refractivity contribution in [1.29, 1.82) is 5.26 Å². The van der Waals surface area contributed by atoms with E-state index in [1.54, 1.807) is 24.3 Å². The zero-order valence-electron chi connectivity index (χ0n) is 16.5. The van der Waals surface area contributed by atoms with Crippen molar-refractivity contribution >= 4 is 34.8 Å². The smallest absolute Gasteiger partial charge is 0.233 e. The molecule has 3 aromatic rings. The van der Waals surface area contributed by atoms with Crippen LogP contribution in [0.15, 0.2) is 72.8 Å². The average Bonchev–Trinajstić information content (AvgIpc) is 3.00. The maximum Gasteiger partial charge on any atom is 0.233 e. The van der Waals surface area contributed by atoms with Crippen LogP contribution in [0.25, 0.3) is 0 Å². The molecule has 4 rings (SSSR count). The molecule has 2 atom stereocenters. The van der Waals surface area contributed by atoms with Gasteiger partial charge < -0.3 is 4.90 Å². The van der Waals surface area contributed by atoms with Crippen LogP contribution in [-0.2, 0) is 11.2 Å². The van der Waals surface area contributed by atoms with Crippen LogP contribution < -0.4 is 4.90 Å². The number of nitrogens with zero attached hydrogens (tertiary/aromatic N) is 2. The fourth-order valence-corrected chi connectivity index (χ4v) is 4.44. The molecule has 3 nitrogen and oxygen atoms in total. The highest BCUT2D eigenvalue weighted by molar-refractivity contribution is 6.30. The molecule has 1 fully saturated rings. The first-order valence-corrected chi connectivity index (χ1v) is 10.5. The second kappa shape index (κ2) is 8.14. The first-order chi connectivity index (χ1) is 14.4. The van der Waals surface area contributed by atoms with Gasteiger partial charge in [0.25, 0.3) is 0 Å². The summed E-state index contributed by atoms with van der Waals surface area (Å²) < 4.78 is 0. The van der Waals surface area contributed by atoms with Crippen LogP contribution in [0.3, 0.4) is 0 Å². The molecule has 30 heavy (non-hydrogen) atoms. The molecule has 5 heteroatoms. The van der Waals surface area contributed by atoms with Gasteiger partial charge in [0.2, 0.25) is 5.91 Å². The minimum Gasteiger partial charge on any atom is -0.304 e. The lowest BCUT2D eigenvalue weighted by Gasteiger charge is -2.26. The van der Waals surface area contributed by atoms with Crippen LogP contribution in [0.1, 0.15) is 36.1 Å². The zero-order chi connectivity index (χ0) is 21.3. The number of halogens is 2. The largest absolute Gasteiger partial charge is 0.304 e. The molecule has 1 saturated heterocycles. The SMILES string of the molecule is C[C@]1(Cc2ccc(C#N)cc2)C[C@@H](c2ccc(Cl)cc2)N(c2ccc(Cl)cc2)C1=O. The van der Waals surface area contributed by atoms with E-state index in [1.807, 2.05) is 60.4 Å². The van der Waals surface area contributed by atoms with Gasteiger partial charge in [0.1, 0.15) is 0 Å². The van der Waals surface area contributed by atoms with Gasteiger partial charge in [-0.3, -0.25) is 4.79 Å². The number of rotatable bonds is 4. The summed E-state index contributed by atoms with van der Waals surface area (Å²) in [5.41, 5.74) is 2.96. The number of carbonyl (C=O) groups is 1. The Morgan fingerprint density at radius 3 is 2.10 bits per heavy atom. The summed E-state index contributed by atoms with van der Waals surface area (Å²) in [5.74, 6) is 0.0779. The molecule has 3 aromatic carbocycles. The summed E-state index contributed by atoms with van der Waals surface area (Å²) in [6.07, 6.45) is 1.28. The first kappa shape index (κ1) is 20.5. The summed E-state index contributed by atoms with van der Waals surface area (Å²) in [4.78, 5) is 15.6. The number of anilines is 1. The number of benzene rings is 3. The Morgan fingerprint density at radius 1 is 0.967 bits per heavy atom. The summed E-state index contributed by atoms with van der Waals surface area (Å²) in [6.45, 7) is 2.02. The molecule has 0 unspecified atom stereocenters. The molecule has 0 saturated carbocycles. The summed E-state index contributed by atoms with van der Waals surface area (Å²) in [7, 11) is 0. The number of amides is 1. The minimum atomic E-state index is -0.571. The molecular weight excluding hydrogens is 415 g/mol. The molecule has 0 bridgehead atoms. The van der Waals surface area contributed by atoms with Crippen molar-refractivity contribution in [1.82, 2.24) is 0 Å². The lowest BCUT2D eigenvalue weighted by Crippen LogP contribution is -2.34. The van der Waals surface area contributed by atoms with E-state index in [9.17, 15) is 4.79 Å². The molecular formula is C25H20Cl2N2O. The van der Waals surface area contributed by atoms with Crippen molar-refractivity contribution in [3.05, 3.63) is 99.5 Å². The van der Waals surface area contributed by atoms with Gasteiger partial charge in [-0.1, -0.05) is 54.4 Å². The molecule has 0 spiro atoms. The van der Waals surface area contributed by atoms with Gasteiger partial charge in [-0.15, -0.1) is 0 Å². The quantitative estimate of drug-likeness (QED) is 0.464. The second-order valence-corrected chi connectivity index (χ2v) is 8.84. The zero-order valence-corrected chi connectivity index (χ0v) is 18.0. The Kier molecular flexibility index (Phi) is 5.56. The molecule has 1 heterocycles. The summed E-state index contributed by atoms with van der Waals surface area (Å²) >= 11 is 12.2. The summed E-state index contributed by atoms with van der Waals surface area (Å²) in [6, 6.07) is 24.6. The van der Waals surface area contributed by atoms with E-state index in [0.29, 0.717) is 28.5 Å². The number of hydrogen-bond donors (Lipinski definition) is 0. The van der Waals surface area contributed by atoms with Crippen molar-refractivity contribution in [2.24, 2.45) is 5.41 Å². The normalized spacial score (nSPS) is 20.9. The van der Waals surface area contributed by atoms with Crippen LogP contribution in [0.5, 0.6) is 0 Å². The highest BCUT2D eigenvalue weighted by Crippen LogP contribution is 2.48. The van der Waals surface area contributed by atoms with Crippen molar-refractivity contribution in [2.75, 3.05) is 4.90 Å². The predicted molar refractivity (Wildman–Crippen MR) is 121 cm³/mol. The first-order valence-electron chi connectivity index (χ1n) is 9.73. The Labute approximate surface area is 186 Å². The topological polar surface area (TPSA) is 44.1 Å². The molecule has 1 aliphatic rings. The predicted octanol–water partition coefficient (Wildman–Crippen LogP) is 6.59. The van der Waals surface area contributed by atoms with Crippen molar-refractivity contribution in [3.8, 4) is 6.07 Å². The van der Waals surface area contributed by atoms with Crippen LogP contribution in [0.4, 0.5) is 5.69 Å². The van der Waals surface area contributed by atoms with E-state index < -0.39 is 5.41 Å². The molecule has 0 radical (unpaired) electrons. The van der Waals surface area contributed by atoms with Gasteiger partial charge in [0.05, 0.1) is 23.1 Å². The van der Waals surface area contributed by atoms with Gasteiger partial charge in [-0.25, -0.2) is 0 Å². The highest BCUT2D eigenvalue weighted by Gasteiger charge is 2.49. The van der Waals surface area contributed by atoms with Crippen molar-refractivity contribution < 1.29 is 4.79 Å². The van der Waals surface area contributed by atoms with Gasteiger partial charge >= 0.3 is 0 Å². The summed E-state index contributed by atoms with van der Waals surface area (Å²) in [5, 5.41) is 10.3. The van der Waals surface area contributed by atoms with E-state index in [2.05, 4.69) is 6.07 Å². The average molecular weight is 435 g/mol. The van der Waals surface area contributed by atoms with Crippen LogP contribution >= 0.6 is 23.2 Å². The molecule has 0 aromatic heterocycles. The van der Waals surface area contributed by atoms with E-state index in [1.165, 1.54) is 0 Å². The molecule has 150 valence electrons. The Balaban J connectivity index is 1.72. The van der Waals surface area contributed by atoms with Crippen LogP contribution in [0, 0.1) is 16.7 Å². The maximum atomic E-state index is 13.7. The third-order valence-corrected chi connectivity index (χ3v) is 6.23. The Morgan fingerprint density at radius 2 is 1.53 bits per heavy atom. The van der Waals surface area contributed by atoms with Crippen molar-refractivity contribution in [2.45, 2.75) is 25.8 Å². The third-order valence-electron chi connectivity index (χ3n) is 5.73. The fourth-order valence-electron chi connectivity index (χ4n) is 4.18. The van der Waals surface area contributed by atoms with Crippen LogP contribution in [-0.4, -0.2) is 5.91 Å². The Bertz CT molecular complexity index is 1100. The van der Waals surface area contributed by atoms with Gasteiger partial charge in [0, 0.05) is 15.7 Å².